The molecule has 10 nitrogen and oxygen atoms in total. The summed E-state index contributed by atoms with van der Waals surface area (Å²) in [6, 6.07) is 23.0. The van der Waals surface area contributed by atoms with Crippen molar-refractivity contribution >= 4 is 41.0 Å². The van der Waals surface area contributed by atoms with E-state index in [1.807, 2.05) is 18.2 Å². The zero-order valence-corrected chi connectivity index (χ0v) is 25.5. The highest BCUT2D eigenvalue weighted by atomic mass is 19.3. The summed E-state index contributed by atoms with van der Waals surface area (Å²) in [6.45, 7) is 3.92. The van der Waals surface area contributed by atoms with Gasteiger partial charge < -0.3 is 35.0 Å². The minimum atomic E-state index is -3.34. The fraction of sp³-hybridized carbons (Fsp3) is 0.242. The number of likely N-dealkylation sites (N-methyl/N-ethyl adjacent to an activating group) is 1. The van der Waals surface area contributed by atoms with Gasteiger partial charge in [-0.25, -0.2) is 4.98 Å². The number of amides is 2. The Bertz CT molecular complexity index is 1640. The molecule has 4 aromatic rings. The van der Waals surface area contributed by atoms with Crippen LogP contribution < -0.4 is 25.0 Å². The van der Waals surface area contributed by atoms with Gasteiger partial charge >= 0.3 is 6.11 Å². The Morgan fingerprint density at radius 3 is 2.07 bits per heavy atom. The molecular weight excluding hydrogens is 584 g/mol. The second-order valence-corrected chi connectivity index (χ2v) is 10.8. The number of halogens is 2. The molecule has 45 heavy (non-hydrogen) atoms. The highest BCUT2D eigenvalue weighted by Gasteiger charge is 2.37. The molecule has 0 bridgehead atoms. The highest BCUT2D eigenvalue weighted by molar-refractivity contribution is 6.00. The second-order valence-electron chi connectivity index (χ2n) is 10.8. The van der Waals surface area contributed by atoms with E-state index in [2.05, 4.69) is 20.4 Å². The summed E-state index contributed by atoms with van der Waals surface area (Å²) >= 11 is 0. The molecule has 0 aliphatic carbocycles. The Kier molecular flexibility index (Phi) is 9.75. The standard InChI is InChI=1S/C33H35F2N5O5/c1-32(2,31(43)39(4)25-12-14-27(15-13-25)45-33(3,34)35)40(21-41)20-22-16-29(36-23-8-6-10-26(42)18-23)38-30(17-22)37-24-9-7-11-28(19-24)44-5/h6-19,21,42H,20H2,1-5H3,(H2,36,37,38). The largest absolute Gasteiger partial charge is 0.508 e. The van der Waals surface area contributed by atoms with Gasteiger partial charge in [0.25, 0.3) is 5.91 Å². The van der Waals surface area contributed by atoms with Gasteiger partial charge in [0, 0.05) is 49.7 Å². The van der Waals surface area contributed by atoms with Crippen LogP contribution in [0.15, 0.2) is 84.9 Å². The van der Waals surface area contributed by atoms with Crippen molar-refractivity contribution in [1.82, 2.24) is 9.88 Å². The third kappa shape index (κ3) is 8.59. The van der Waals surface area contributed by atoms with Crippen molar-refractivity contribution in [3.05, 3.63) is 90.5 Å². The first-order valence-corrected chi connectivity index (χ1v) is 13.9. The number of nitrogens with zero attached hydrogens (tertiary/aromatic N) is 3. The van der Waals surface area contributed by atoms with Crippen LogP contribution in [0.25, 0.3) is 0 Å². The van der Waals surface area contributed by atoms with Crippen LogP contribution in [0.4, 0.5) is 37.5 Å². The van der Waals surface area contributed by atoms with Crippen LogP contribution in [-0.2, 0) is 16.1 Å². The third-order valence-electron chi connectivity index (χ3n) is 6.89. The van der Waals surface area contributed by atoms with Crippen LogP contribution >= 0.6 is 0 Å². The van der Waals surface area contributed by atoms with Crippen LogP contribution in [-0.4, -0.2) is 53.1 Å². The van der Waals surface area contributed by atoms with Crippen LogP contribution in [0, 0.1) is 0 Å². The summed E-state index contributed by atoms with van der Waals surface area (Å²) in [5, 5.41) is 16.3. The third-order valence-corrected chi connectivity index (χ3v) is 6.89. The molecule has 12 heteroatoms. The number of methoxy groups -OCH3 is 1. The van der Waals surface area contributed by atoms with Crippen LogP contribution in [0.1, 0.15) is 26.3 Å². The maximum absolute atomic E-state index is 13.7. The number of rotatable bonds is 13. The first kappa shape index (κ1) is 32.5. The number of aromatic nitrogens is 1. The van der Waals surface area contributed by atoms with Gasteiger partial charge in [-0.2, -0.15) is 8.78 Å². The topological polar surface area (TPSA) is 116 Å². The number of phenols is 1. The number of ether oxygens (including phenoxy) is 2. The fourth-order valence-electron chi connectivity index (χ4n) is 4.55. The van der Waals surface area contributed by atoms with Gasteiger partial charge in [0.15, 0.2) is 0 Å². The van der Waals surface area contributed by atoms with Crippen molar-refractivity contribution in [1.29, 1.82) is 0 Å². The quantitative estimate of drug-likeness (QED) is 0.142. The molecule has 0 aliphatic heterocycles. The molecule has 236 valence electrons. The van der Waals surface area contributed by atoms with Gasteiger partial charge in [-0.05, 0) is 80.1 Å². The molecule has 0 spiro atoms. The number of nitrogens with one attached hydrogen (secondary N) is 2. The monoisotopic (exact) mass is 619 g/mol. The zero-order chi connectivity index (χ0) is 32.8. The summed E-state index contributed by atoms with van der Waals surface area (Å²) in [5.74, 6) is 1.15. The average Bonchev–Trinajstić information content (AvgIpc) is 2.98. The van der Waals surface area contributed by atoms with E-state index in [1.54, 1.807) is 63.4 Å². The van der Waals surface area contributed by atoms with Crippen molar-refractivity contribution in [2.75, 3.05) is 29.7 Å². The summed E-state index contributed by atoms with van der Waals surface area (Å²) < 4.78 is 36.3. The lowest BCUT2D eigenvalue weighted by atomic mass is 10.00. The molecule has 4 rings (SSSR count). The van der Waals surface area contributed by atoms with Gasteiger partial charge in [0.1, 0.15) is 34.4 Å². The van der Waals surface area contributed by atoms with Crippen LogP contribution in [0.5, 0.6) is 17.2 Å². The Balaban J connectivity index is 1.60. The van der Waals surface area contributed by atoms with Gasteiger partial charge in [-0.15, -0.1) is 0 Å². The Morgan fingerprint density at radius 1 is 0.911 bits per heavy atom. The number of hydrogen-bond donors (Lipinski definition) is 3. The number of phenolic OH excluding ortho intramolecular Hbond substituents is 1. The minimum absolute atomic E-state index is 0.0401. The van der Waals surface area contributed by atoms with Gasteiger partial charge in [-0.3, -0.25) is 9.59 Å². The molecule has 0 radical (unpaired) electrons. The Hall–Kier alpha value is -5.39. The van der Waals surface area contributed by atoms with Crippen molar-refractivity contribution in [2.45, 2.75) is 39.0 Å². The van der Waals surface area contributed by atoms with E-state index in [0.29, 0.717) is 53.3 Å². The lowest BCUT2D eigenvalue weighted by molar-refractivity contribution is -0.159. The molecule has 3 aromatic carbocycles. The number of alkyl halides is 2. The first-order chi connectivity index (χ1) is 21.3. The maximum atomic E-state index is 13.7. The van der Waals surface area contributed by atoms with E-state index in [4.69, 9.17) is 4.74 Å². The van der Waals surface area contributed by atoms with E-state index in [0.717, 1.165) is 0 Å². The first-order valence-electron chi connectivity index (χ1n) is 13.9. The molecule has 0 atom stereocenters. The molecule has 0 aliphatic rings. The van der Waals surface area contributed by atoms with Gasteiger partial charge in [0.2, 0.25) is 6.41 Å². The number of anilines is 5. The fourth-order valence-corrected chi connectivity index (χ4v) is 4.55. The lowest BCUT2D eigenvalue weighted by Gasteiger charge is -2.37. The minimum Gasteiger partial charge on any atom is -0.508 e. The second kappa shape index (κ2) is 13.5. The number of pyridine rings is 1. The number of hydrogen-bond acceptors (Lipinski definition) is 8. The van der Waals surface area contributed by atoms with Crippen molar-refractivity contribution < 1.29 is 33.0 Å². The molecule has 1 aromatic heterocycles. The smallest absolute Gasteiger partial charge is 0.394 e. The molecule has 2 amide bonds. The number of aromatic hydroxyl groups is 1. The van der Waals surface area contributed by atoms with E-state index in [9.17, 15) is 23.5 Å². The van der Waals surface area contributed by atoms with Crippen LogP contribution in [0.3, 0.4) is 0 Å². The lowest BCUT2D eigenvalue weighted by Crippen LogP contribution is -2.54. The average molecular weight is 620 g/mol. The van der Waals surface area contributed by atoms with Crippen molar-refractivity contribution in [3.63, 3.8) is 0 Å². The highest BCUT2D eigenvalue weighted by Crippen LogP contribution is 2.29. The van der Waals surface area contributed by atoms with E-state index in [1.165, 1.54) is 41.1 Å². The zero-order valence-electron chi connectivity index (χ0n) is 25.5. The number of benzene rings is 3. The molecular formula is C33H35F2N5O5. The SMILES string of the molecule is COc1cccc(Nc2cc(CN(C=O)C(C)(C)C(=O)N(C)c3ccc(OC(C)(F)F)cc3)cc(Nc3cccc(O)c3)n2)c1. The predicted octanol–water partition coefficient (Wildman–Crippen LogP) is 6.67. The van der Waals surface area contributed by atoms with Gasteiger partial charge in [-0.1, -0.05) is 12.1 Å². The number of carbonyl (C=O) groups excluding carboxylic acids is 2. The molecule has 0 saturated carbocycles. The summed E-state index contributed by atoms with van der Waals surface area (Å²) in [6.07, 6.45) is -2.74. The molecule has 1 heterocycles. The summed E-state index contributed by atoms with van der Waals surface area (Å²) in [4.78, 5) is 33.5. The summed E-state index contributed by atoms with van der Waals surface area (Å²) in [7, 11) is 3.11. The van der Waals surface area contributed by atoms with Crippen LogP contribution in [0.2, 0.25) is 0 Å². The van der Waals surface area contributed by atoms with Crippen molar-refractivity contribution in [3.8, 4) is 17.2 Å². The molecule has 0 saturated heterocycles. The van der Waals surface area contributed by atoms with E-state index >= 15 is 0 Å². The maximum Gasteiger partial charge on any atom is 0.394 e. The Labute approximate surface area is 260 Å². The van der Waals surface area contributed by atoms with Crippen molar-refractivity contribution in [2.24, 2.45) is 0 Å². The molecule has 3 N–H and O–H groups in total. The van der Waals surface area contributed by atoms with E-state index < -0.39 is 17.6 Å². The Morgan fingerprint density at radius 2 is 1.51 bits per heavy atom. The summed E-state index contributed by atoms with van der Waals surface area (Å²) in [5.41, 5.74) is 1.07. The molecule has 0 fully saturated rings. The number of carbonyl (C=O) groups is 2. The van der Waals surface area contributed by atoms with Gasteiger partial charge in [0.05, 0.1) is 7.11 Å². The predicted molar refractivity (Wildman–Crippen MR) is 169 cm³/mol. The molecule has 0 unspecified atom stereocenters. The normalized spacial score (nSPS) is 11.4. The van der Waals surface area contributed by atoms with E-state index in [-0.39, 0.29) is 18.0 Å².